The van der Waals surface area contributed by atoms with E-state index in [1.54, 1.807) is 6.20 Å². The van der Waals surface area contributed by atoms with Crippen LogP contribution in [0.4, 0.5) is 11.5 Å². The minimum Gasteiger partial charge on any atom is -0.351 e. The highest BCUT2D eigenvalue weighted by Crippen LogP contribution is 2.50. The molecule has 2 aliphatic rings. The first kappa shape index (κ1) is 32.1. The third-order valence-electron chi connectivity index (χ3n) is 9.50. The molecule has 1 fully saturated rings. The summed E-state index contributed by atoms with van der Waals surface area (Å²) in [4.78, 5) is 44.5. The SMILES string of the molecule is CC(C)(C)C(=O)N1CCN(c2ncccc2NC(=O)c2[nH]c3cc(Cl)cc4c3c2-c2c(-c3ccccc3)ncn2C4c2ccc(Cl)cc2)CC1. The summed E-state index contributed by atoms with van der Waals surface area (Å²) in [6, 6.07) is 25.0. The molecule has 2 amide bonds. The van der Waals surface area contributed by atoms with Gasteiger partial charge in [-0.3, -0.25) is 9.59 Å². The molecule has 1 saturated heterocycles. The second kappa shape index (κ2) is 12.3. The number of halogens is 2. The third kappa shape index (κ3) is 5.51. The summed E-state index contributed by atoms with van der Waals surface area (Å²) in [5.41, 5.74) is 6.55. The number of aromatic nitrogens is 4. The molecule has 50 heavy (non-hydrogen) atoms. The summed E-state index contributed by atoms with van der Waals surface area (Å²) in [6.07, 6.45) is 3.56. The van der Waals surface area contributed by atoms with Gasteiger partial charge in [0.15, 0.2) is 5.82 Å². The summed E-state index contributed by atoms with van der Waals surface area (Å²) in [5.74, 6) is 0.479. The van der Waals surface area contributed by atoms with Crippen LogP contribution in [0.15, 0.2) is 91.4 Å². The van der Waals surface area contributed by atoms with E-state index < -0.39 is 5.41 Å². The van der Waals surface area contributed by atoms with Gasteiger partial charge in [0.05, 0.1) is 29.4 Å². The molecule has 2 N–H and O–H groups in total. The third-order valence-corrected chi connectivity index (χ3v) is 9.97. The van der Waals surface area contributed by atoms with Gasteiger partial charge >= 0.3 is 0 Å². The molecule has 2 aliphatic heterocycles. The van der Waals surface area contributed by atoms with E-state index in [0.29, 0.717) is 53.4 Å². The maximum absolute atomic E-state index is 14.5. The summed E-state index contributed by atoms with van der Waals surface area (Å²) in [6.45, 7) is 8.19. The number of imidazole rings is 1. The minimum absolute atomic E-state index is 0.131. The Labute approximate surface area is 299 Å². The van der Waals surface area contributed by atoms with E-state index >= 15 is 0 Å². The van der Waals surface area contributed by atoms with Gasteiger partial charge in [0.2, 0.25) is 5.91 Å². The predicted octanol–water partition coefficient (Wildman–Crippen LogP) is 8.30. The van der Waals surface area contributed by atoms with Gasteiger partial charge in [0.25, 0.3) is 5.91 Å². The molecule has 5 heterocycles. The van der Waals surface area contributed by atoms with Gasteiger partial charge in [-0.2, -0.15) is 0 Å². The number of piperazine rings is 1. The van der Waals surface area contributed by atoms with Crippen molar-refractivity contribution in [3.8, 4) is 22.5 Å². The van der Waals surface area contributed by atoms with Crippen molar-refractivity contribution < 1.29 is 9.59 Å². The summed E-state index contributed by atoms with van der Waals surface area (Å²) >= 11 is 13.1. The predicted molar refractivity (Wildman–Crippen MR) is 199 cm³/mol. The number of aromatic amines is 1. The number of hydrogen-bond acceptors (Lipinski definition) is 5. The van der Waals surface area contributed by atoms with E-state index in [4.69, 9.17) is 28.2 Å². The van der Waals surface area contributed by atoms with Crippen molar-refractivity contribution in [3.63, 3.8) is 0 Å². The maximum Gasteiger partial charge on any atom is 0.272 e. The number of pyridine rings is 1. The molecule has 3 aromatic carbocycles. The first-order valence-electron chi connectivity index (χ1n) is 16.6. The Hall–Kier alpha value is -5.12. The van der Waals surface area contributed by atoms with Gasteiger partial charge in [-0.1, -0.05) is 86.4 Å². The molecule has 1 unspecified atom stereocenters. The first-order valence-corrected chi connectivity index (χ1v) is 17.4. The van der Waals surface area contributed by atoms with Crippen LogP contribution in [-0.4, -0.2) is 62.4 Å². The zero-order valence-electron chi connectivity index (χ0n) is 27.9. The molecule has 9 nitrogen and oxygen atoms in total. The molecule has 1 atom stereocenters. The van der Waals surface area contributed by atoms with Gasteiger partial charge in [-0.05, 0) is 47.5 Å². The van der Waals surface area contributed by atoms with E-state index in [-0.39, 0.29) is 17.9 Å². The number of nitrogens with one attached hydrogen (secondary N) is 2. The van der Waals surface area contributed by atoms with E-state index in [0.717, 1.165) is 44.5 Å². The average molecular weight is 705 g/mol. The number of fused-ring (bicyclic) bond motifs is 2. The fourth-order valence-electron chi connectivity index (χ4n) is 7.22. The summed E-state index contributed by atoms with van der Waals surface area (Å²) in [5, 5.41) is 5.29. The van der Waals surface area contributed by atoms with Crippen LogP contribution in [-0.2, 0) is 4.79 Å². The highest BCUT2D eigenvalue weighted by molar-refractivity contribution is 6.32. The molecule has 3 aromatic heterocycles. The molecule has 252 valence electrons. The zero-order chi connectivity index (χ0) is 34.7. The fraction of sp³-hybridized carbons (Fsp3) is 0.231. The van der Waals surface area contributed by atoms with E-state index in [9.17, 15) is 9.59 Å². The molecular formula is C39H35Cl2N7O2. The monoisotopic (exact) mass is 703 g/mol. The van der Waals surface area contributed by atoms with Gasteiger partial charge < -0.3 is 24.7 Å². The first-order chi connectivity index (χ1) is 24.1. The van der Waals surface area contributed by atoms with Crippen molar-refractivity contribution in [2.24, 2.45) is 5.41 Å². The molecular weight excluding hydrogens is 669 g/mol. The number of rotatable bonds is 5. The number of benzene rings is 3. The molecule has 0 bridgehead atoms. The van der Waals surface area contributed by atoms with E-state index in [1.807, 2.05) is 111 Å². The smallest absolute Gasteiger partial charge is 0.272 e. The zero-order valence-corrected chi connectivity index (χ0v) is 29.4. The van der Waals surface area contributed by atoms with Crippen molar-refractivity contribution in [2.45, 2.75) is 26.8 Å². The number of carbonyl (C=O) groups is 2. The lowest BCUT2D eigenvalue weighted by molar-refractivity contribution is -0.139. The normalized spacial score (nSPS) is 15.7. The molecule has 0 saturated carbocycles. The Bertz CT molecular complexity index is 2260. The fourth-order valence-corrected chi connectivity index (χ4v) is 7.58. The largest absolute Gasteiger partial charge is 0.351 e. The minimum atomic E-state index is -0.444. The maximum atomic E-state index is 14.5. The number of amides is 2. The molecule has 11 heteroatoms. The van der Waals surface area contributed by atoms with Crippen LogP contribution in [0.3, 0.4) is 0 Å². The lowest BCUT2D eigenvalue weighted by Gasteiger charge is -2.38. The topological polar surface area (TPSA) is 99.2 Å². The average Bonchev–Trinajstić information content (AvgIpc) is 3.72. The van der Waals surface area contributed by atoms with Crippen molar-refractivity contribution in [1.29, 1.82) is 0 Å². The van der Waals surface area contributed by atoms with Crippen LogP contribution in [0.25, 0.3) is 33.4 Å². The highest BCUT2D eigenvalue weighted by atomic mass is 35.5. The molecule has 8 rings (SSSR count). The van der Waals surface area contributed by atoms with Crippen molar-refractivity contribution in [2.75, 3.05) is 36.4 Å². The van der Waals surface area contributed by atoms with Crippen molar-refractivity contribution >= 4 is 57.4 Å². The number of anilines is 2. The number of carbonyl (C=O) groups excluding carboxylic acids is 2. The lowest BCUT2D eigenvalue weighted by atomic mass is 9.88. The van der Waals surface area contributed by atoms with Crippen LogP contribution in [0, 0.1) is 5.41 Å². The van der Waals surface area contributed by atoms with Crippen LogP contribution >= 0.6 is 23.2 Å². The Morgan fingerprint density at radius 3 is 2.34 bits per heavy atom. The Kier molecular flexibility index (Phi) is 7.92. The Morgan fingerprint density at radius 2 is 1.62 bits per heavy atom. The van der Waals surface area contributed by atoms with E-state index in [1.165, 1.54) is 0 Å². The standard InChI is InChI=1S/C39H35Cl2N7O2/c1-39(2,3)38(50)47-18-16-46(17-19-47)36-28(10-7-15-42-36)45-37(49)33-31-30-27(20-26(41)21-29(30)44-33)34(24-11-13-25(40)14-12-24)48-22-43-32(35(31)48)23-8-5-4-6-9-23/h4-15,20-22,34,44H,16-19H2,1-3H3,(H,45,49). The number of nitrogens with zero attached hydrogens (tertiary/aromatic N) is 5. The molecule has 0 spiro atoms. The highest BCUT2D eigenvalue weighted by Gasteiger charge is 2.36. The van der Waals surface area contributed by atoms with Gasteiger partial charge in [0.1, 0.15) is 5.69 Å². The van der Waals surface area contributed by atoms with Crippen LogP contribution in [0.1, 0.15) is 48.4 Å². The van der Waals surface area contributed by atoms with Crippen molar-refractivity contribution in [3.05, 3.63) is 118 Å². The molecule has 0 radical (unpaired) electrons. The molecule has 6 aromatic rings. The van der Waals surface area contributed by atoms with Crippen molar-refractivity contribution in [1.82, 2.24) is 24.4 Å². The number of H-pyrrole nitrogens is 1. The van der Waals surface area contributed by atoms with Crippen LogP contribution in [0.5, 0.6) is 0 Å². The van der Waals surface area contributed by atoms with E-state index in [2.05, 4.69) is 24.8 Å². The van der Waals surface area contributed by atoms with Gasteiger partial charge in [-0.15, -0.1) is 0 Å². The quantitative estimate of drug-likeness (QED) is 0.188. The summed E-state index contributed by atoms with van der Waals surface area (Å²) < 4.78 is 2.12. The second-order valence-corrected chi connectivity index (χ2v) is 14.7. The van der Waals surface area contributed by atoms with Crippen LogP contribution < -0.4 is 10.2 Å². The second-order valence-electron chi connectivity index (χ2n) is 13.8. The summed E-state index contributed by atoms with van der Waals surface area (Å²) in [7, 11) is 0. The van der Waals surface area contributed by atoms with Gasteiger partial charge in [-0.25, -0.2) is 9.97 Å². The van der Waals surface area contributed by atoms with Crippen LogP contribution in [0.2, 0.25) is 10.0 Å². The molecule has 0 aliphatic carbocycles. The Morgan fingerprint density at radius 1 is 0.880 bits per heavy atom. The Balaban J connectivity index is 1.22. The number of hydrogen-bond donors (Lipinski definition) is 2. The lowest BCUT2D eigenvalue weighted by Crippen LogP contribution is -2.52. The van der Waals surface area contributed by atoms with Gasteiger partial charge in [0, 0.05) is 69.9 Å².